The van der Waals surface area contributed by atoms with Gasteiger partial charge >= 0.3 is 6.18 Å². The summed E-state index contributed by atoms with van der Waals surface area (Å²) < 4.78 is 40.0. The number of likely N-dealkylation sites (tertiary alicyclic amines) is 1. The van der Waals surface area contributed by atoms with Gasteiger partial charge in [-0.25, -0.2) is 0 Å². The summed E-state index contributed by atoms with van der Waals surface area (Å²) in [5.41, 5.74) is 5.44. The van der Waals surface area contributed by atoms with Crippen molar-refractivity contribution in [3.63, 3.8) is 0 Å². The highest BCUT2D eigenvalue weighted by molar-refractivity contribution is 5.76. The molecule has 19 heavy (non-hydrogen) atoms. The Morgan fingerprint density at radius 3 is 2.79 bits per heavy atom. The molecule has 1 heterocycles. The molecule has 1 amide bonds. The number of halogens is 3. The van der Waals surface area contributed by atoms with Gasteiger partial charge < -0.3 is 15.4 Å². The summed E-state index contributed by atoms with van der Waals surface area (Å²) in [5.74, 6) is -0.123. The SMILES string of the molecule is NCCCC1CCCN1C(=O)CCOCC(F)(F)F. The fourth-order valence-electron chi connectivity index (χ4n) is 2.31. The van der Waals surface area contributed by atoms with Crippen LogP contribution < -0.4 is 5.73 Å². The van der Waals surface area contributed by atoms with Crippen molar-refractivity contribution < 1.29 is 22.7 Å². The topological polar surface area (TPSA) is 55.6 Å². The van der Waals surface area contributed by atoms with Gasteiger partial charge in [-0.15, -0.1) is 0 Å². The molecule has 0 aliphatic carbocycles. The third-order valence-electron chi connectivity index (χ3n) is 3.16. The summed E-state index contributed by atoms with van der Waals surface area (Å²) in [7, 11) is 0. The Morgan fingerprint density at radius 2 is 2.16 bits per heavy atom. The van der Waals surface area contributed by atoms with Gasteiger partial charge in [-0.2, -0.15) is 13.2 Å². The monoisotopic (exact) mass is 282 g/mol. The molecule has 1 fully saturated rings. The summed E-state index contributed by atoms with van der Waals surface area (Å²) in [5, 5.41) is 0. The van der Waals surface area contributed by atoms with E-state index in [1.54, 1.807) is 4.90 Å². The van der Waals surface area contributed by atoms with Crippen molar-refractivity contribution >= 4 is 5.91 Å². The van der Waals surface area contributed by atoms with E-state index in [-0.39, 0.29) is 25.0 Å². The van der Waals surface area contributed by atoms with Gasteiger partial charge in [0, 0.05) is 12.6 Å². The number of hydrogen-bond donors (Lipinski definition) is 1. The van der Waals surface area contributed by atoms with Crippen LogP contribution in [0.1, 0.15) is 32.1 Å². The predicted octanol–water partition coefficient (Wildman–Crippen LogP) is 1.69. The van der Waals surface area contributed by atoms with Crippen molar-refractivity contribution in [1.29, 1.82) is 0 Å². The maximum absolute atomic E-state index is 11.9. The zero-order valence-corrected chi connectivity index (χ0v) is 10.9. The lowest BCUT2D eigenvalue weighted by molar-refractivity contribution is -0.175. The Hall–Kier alpha value is -0.820. The molecule has 4 nitrogen and oxygen atoms in total. The number of rotatable bonds is 7. The molecule has 0 aromatic heterocycles. The Morgan fingerprint density at radius 1 is 1.42 bits per heavy atom. The van der Waals surface area contributed by atoms with Crippen LogP contribution in [0.4, 0.5) is 13.2 Å². The van der Waals surface area contributed by atoms with E-state index >= 15 is 0 Å². The minimum Gasteiger partial charge on any atom is -0.372 e. The van der Waals surface area contributed by atoms with Crippen LogP contribution in [0.25, 0.3) is 0 Å². The highest BCUT2D eigenvalue weighted by Crippen LogP contribution is 2.22. The van der Waals surface area contributed by atoms with Gasteiger partial charge in [-0.1, -0.05) is 0 Å². The summed E-state index contributed by atoms with van der Waals surface area (Å²) in [6.45, 7) is -0.199. The fraction of sp³-hybridized carbons (Fsp3) is 0.917. The van der Waals surface area contributed by atoms with E-state index < -0.39 is 12.8 Å². The number of amides is 1. The maximum atomic E-state index is 11.9. The lowest BCUT2D eigenvalue weighted by Crippen LogP contribution is -2.36. The molecular formula is C12H21F3N2O2. The minimum absolute atomic E-state index is 0.00913. The highest BCUT2D eigenvalue weighted by atomic mass is 19.4. The number of nitrogens with two attached hydrogens (primary N) is 1. The molecule has 1 atom stereocenters. The van der Waals surface area contributed by atoms with E-state index in [1.807, 2.05) is 0 Å². The zero-order chi connectivity index (χ0) is 14.3. The van der Waals surface area contributed by atoms with Gasteiger partial charge in [0.15, 0.2) is 0 Å². The molecule has 0 aromatic carbocycles. The Labute approximate surface area is 111 Å². The first-order chi connectivity index (χ1) is 8.94. The zero-order valence-electron chi connectivity index (χ0n) is 10.9. The molecule has 0 aromatic rings. The minimum atomic E-state index is -4.33. The van der Waals surface area contributed by atoms with E-state index in [1.165, 1.54) is 0 Å². The molecule has 0 saturated carbocycles. The van der Waals surface area contributed by atoms with Crippen LogP contribution >= 0.6 is 0 Å². The van der Waals surface area contributed by atoms with Crippen LogP contribution in [0.2, 0.25) is 0 Å². The molecule has 0 radical (unpaired) electrons. The Bertz CT molecular complexity index is 285. The van der Waals surface area contributed by atoms with Gasteiger partial charge in [0.2, 0.25) is 5.91 Å². The lowest BCUT2D eigenvalue weighted by atomic mass is 10.1. The lowest BCUT2D eigenvalue weighted by Gasteiger charge is -2.24. The average Bonchev–Trinajstić information content (AvgIpc) is 2.79. The van der Waals surface area contributed by atoms with Crippen molar-refractivity contribution in [1.82, 2.24) is 4.90 Å². The predicted molar refractivity (Wildman–Crippen MR) is 64.5 cm³/mol. The number of ether oxygens (including phenoxy) is 1. The second-order valence-corrected chi connectivity index (χ2v) is 4.73. The highest BCUT2D eigenvalue weighted by Gasteiger charge is 2.29. The van der Waals surface area contributed by atoms with Crippen molar-refractivity contribution in [2.24, 2.45) is 5.73 Å². The molecule has 1 aliphatic heterocycles. The van der Waals surface area contributed by atoms with E-state index in [9.17, 15) is 18.0 Å². The number of carbonyl (C=O) groups excluding carboxylic acids is 1. The van der Waals surface area contributed by atoms with Gasteiger partial charge in [-0.3, -0.25) is 4.79 Å². The number of carbonyl (C=O) groups is 1. The number of alkyl halides is 3. The summed E-state index contributed by atoms with van der Waals surface area (Å²) >= 11 is 0. The summed E-state index contributed by atoms with van der Waals surface area (Å²) in [6, 6.07) is 0.193. The summed E-state index contributed by atoms with van der Waals surface area (Å²) in [4.78, 5) is 13.6. The quantitative estimate of drug-likeness (QED) is 0.723. The van der Waals surface area contributed by atoms with Gasteiger partial charge in [-0.05, 0) is 32.2 Å². The van der Waals surface area contributed by atoms with E-state index in [2.05, 4.69) is 4.74 Å². The van der Waals surface area contributed by atoms with Crippen LogP contribution in [0, 0.1) is 0 Å². The third kappa shape index (κ3) is 6.24. The van der Waals surface area contributed by atoms with Crippen LogP contribution in [0.5, 0.6) is 0 Å². The molecule has 1 aliphatic rings. The fourth-order valence-corrected chi connectivity index (χ4v) is 2.31. The Kier molecular flexibility index (Phi) is 6.57. The Balaban J connectivity index is 2.24. The first-order valence-electron chi connectivity index (χ1n) is 6.58. The van der Waals surface area contributed by atoms with Crippen molar-refractivity contribution in [2.45, 2.75) is 44.3 Å². The van der Waals surface area contributed by atoms with Crippen molar-refractivity contribution in [3.8, 4) is 0 Å². The molecule has 0 bridgehead atoms. The maximum Gasteiger partial charge on any atom is 0.411 e. The van der Waals surface area contributed by atoms with Crippen molar-refractivity contribution in [3.05, 3.63) is 0 Å². The van der Waals surface area contributed by atoms with Gasteiger partial charge in [0.05, 0.1) is 13.0 Å². The van der Waals surface area contributed by atoms with Crippen LogP contribution in [0.15, 0.2) is 0 Å². The number of nitrogens with zero attached hydrogens (tertiary/aromatic N) is 1. The van der Waals surface area contributed by atoms with E-state index in [0.717, 1.165) is 25.7 Å². The van der Waals surface area contributed by atoms with Crippen LogP contribution in [-0.2, 0) is 9.53 Å². The van der Waals surface area contributed by atoms with E-state index in [0.29, 0.717) is 13.1 Å². The normalized spacial score (nSPS) is 20.0. The van der Waals surface area contributed by atoms with Crippen molar-refractivity contribution in [2.75, 3.05) is 26.3 Å². The molecule has 1 saturated heterocycles. The van der Waals surface area contributed by atoms with E-state index in [4.69, 9.17) is 5.73 Å². The smallest absolute Gasteiger partial charge is 0.372 e. The second kappa shape index (κ2) is 7.69. The molecular weight excluding hydrogens is 261 g/mol. The molecule has 1 rings (SSSR count). The molecule has 2 N–H and O–H groups in total. The first-order valence-corrected chi connectivity index (χ1v) is 6.58. The third-order valence-corrected chi connectivity index (χ3v) is 3.16. The first kappa shape index (κ1) is 16.2. The molecule has 1 unspecified atom stereocenters. The molecule has 0 spiro atoms. The number of hydrogen-bond acceptors (Lipinski definition) is 3. The molecule has 112 valence electrons. The molecule has 7 heteroatoms. The largest absolute Gasteiger partial charge is 0.411 e. The average molecular weight is 282 g/mol. The van der Waals surface area contributed by atoms with Gasteiger partial charge in [0.1, 0.15) is 6.61 Å². The second-order valence-electron chi connectivity index (χ2n) is 4.73. The standard InChI is InChI=1S/C12H21F3N2O2/c13-12(14,15)9-19-8-5-11(18)17-7-2-4-10(17)3-1-6-16/h10H,1-9,16H2. The summed E-state index contributed by atoms with van der Waals surface area (Å²) in [6.07, 6.45) is -0.695. The van der Waals surface area contributed by atoms with Crippen LogP contribution in [0.3, 0.4) is 0 Å². The van der Waals surface area contributed by atoms with Crippen LogP contribution in [-0.4, -0.2) is 49.3 Å². The van der Waals surface area contributed by atoms with Gasteiger partial charge in [0.25, 0.3) is 0 Å².